The summed E-state index contributed by atoms with van der Waals surface area (Å²) in [6.07, 6.45) is 1.91. The highest BCUT2D eigenvalue weighted by molar-refractivity contribution is 6.02. The fraction of sp³-hybridized carbons (Fsp3) is 0.150. The molecule has 1 aliphatic heterocycles. The standard InChI is InChI=1S/C20H17N3O3/c24-19(22-16-7-3-6-15-14(16)5-4-11-21-15)10-12-23-17-8-1-2-9-18(17)26-13-20(23)25/h1-9,11H,10,12-13H2,(H,22,24). The van der Waals surface area contributed by atoms with Gasteiger partial charge in [0.15, 0.2) is 6.61 Å². The molecule has 0 fully saturated rings. The van der Waals surface area contributed by atoms with Gasteiger partial charge in [-0.05, 0) is 36.4 Å². The summed E-state index contributed by atoms with van der Waals surface area (Å²) in [5.74, 6) is 0.358. The highest BCUT2D eigenvalue weighted by Crippen LogP contribution is 2.31. The quantitative estimate of drug-likeness (QED) is 0.787. The maximum Gasteiger partial charge on any atom is 0.265 e. The van der Waals surface area contributed by atoms with Crippen molar-refractivity contribution in [1.82, 2.24) is 4.98 Å². The van der Waals surface area contributed by atoms with Gasteiger partial charge in [-0.25, -0.2) is 0 Å². The van der Waals surface area contributed by atoms with Crippen LogP contribution in [-0.2, 0) is 9.59 Å². The van der Waals surface area contributed by atoms with Crippen LogP contribution in [0.25, 0.3) is 10.9 Å². The van der Waals surface area contributed by atoms with Gasteiger partial charge >= 0.3 is 0 Å². The Bertz CT molecular complexity index is 981. The van der Waals surface area contributed by atoms with Crippen LogP contribution in [0.1, 0.15) is 6.42 Å². The van der Waals surface area contributed by atoms with E-state index in [0.29, 0.717) is 23.7 Å². The maximum absolute atomic E-state index is 12.4. The molecule has 2 aromatic carbocycles. The summed E-state index contributed by atoms with van der Waals surface area (Å²) in [6.45, 7) is 0.293. The molecule has 6 heteroatoms. The number of nitrogens with one attached hydrogen (secondary N) is 1. The van der Waals surface area contributed by atoms with Crippen LogP contribution in [0.15, 0.2) is 60.8 Å². The van der Waals surface area contributed by atoms with E-state index in [1.807, 2.05) is 54.6 Å². The molecule has 0 bridgehead atoms. The van der Waals surface area contributed by atoms with Crippen molar-refractivity contribution >= 4 is 34.1 Å². The summed E-state index contributed by atoms with van der Waals surface area (Å²) in [5.41, 5.74) is 2.24. The Morgan fingerprint density at radius 3 is 2.92 bits per heavy atom. The number of pyridine rings is 1. The van der Waals surface area contributed by atoms with E-state index in [-0.39, 0.29) is 24.8 Å². The molecule has 0 unspecified atom stereocenters. The molecule has 0 saturated heterocycles. The first-order valence-electron chi connectivity index (χ1n) is 8.38. The number of ether oxygens (including phenoxy) is 1. The molecule has 2 heterocycles. The molecule has 1 aliphatic rings. The first-order chi connectivity index (χ1) is 12.7. The minimum absolute atomic E-state index is 0.00632. The van der Waals surface area contributed by atoms with Crippen molar-refractivity contribution < 1.29 is 14.3 Å². The first-order valence-corrected chi connectivity index (χ1v) is 8.38. The average molecular weight is 347 g/mol. The topological polar surface area (TPSA) is 71.5 Å². The van der Waals surface area contributed by atoms with Crippen LogP contribution >= 0.6 is 0 Å². The lowest BCUT2D eigenvalue weighted by atomic mass is 10.1. The van der Waals surface area contributed by atoms with Crippen molar-refractivity contribution in [2.75, 3.05) is 23.4 Å². The fourth-order valence-corrected chi connectivity index (χ4v) is 3.04. The van der Waals surface area contributed by atoms with Gasteiger partial charge in [-0.1, -0.05) is 18.2 Å². The molecule has 130 valence electrons. The number of para-hydroxylation sites is 2. The van der Waals surface area contributed by atoms with E-state index in [1.54, 1.807) is 11.1 Å². The third-order valence-electron chi connectivity index (χ3n) is 4.29. The fourth-order valence-electron chi connectivity index (χ4n) is 3.04. The molecular weight excluding hydrogens is 330 g/mol. The van der Waals surface area contributed by atoms with Crippen LogP contribution in [0.2, 0.25) is 0 Å². The number of hydrogen-bond donors (Lipinski definition) is 1. The third-order valence-corrected chi connectivity index (χ3v) is 4.29. The smallest absolute Gasteiger partial charge is 0.265 e. The lowest BCUT2D eigenvalue weighted by Crippen LogP contribution is -2.40. The summed E-state index contributed by atoms with van der Waals surface area (Å²) >= 11 is 0. The molecule has 0 aliphatic carbocycles. The van der Waals surface area contributed by atoms with Crippen LogP contribution in [0.3, 0.4) is 0 Å². The van der Waals surface area contributed by atoms with E-state index in [9.17, 15) is 9.59 Å². The number of carbonyl (C=O) groups is 2. The lowest BCUT2D eigenvalue weighted by molar-refractivity contribution is -0.121. The number of carbonyl (C=O) groups excluding carboxylic acids is 2. The molecule has 4 rings (SSSR count). The number of benzene rings is 2. The Morgan fingerprint density at radius 1 is 1.12 bits per heavy atom. The highest BCUT2D eigenvalue weighted by Gasteiger charge is 2.25. The average Bonchev–Trinajstić information content (AvgIpc) is 2.67. The predicted molar refractivity (Wildman–Crippen MR) is 99.3 cm³/mol. The van der Waals surface area contributed by atoms with Gasteiger partial charge in [-0.15, -0.1) is 0 Å². The molecule has 0 spiro atoms. The van der Waals surface area contributed by atoms with Crippen LogP contribution in [-0.4, -0.2) is 29.9 Å². The van der Waals surface area contributed by atoms with Crippen LogP contribution in [0.4, 0.5) is 11.4 Å². The van der Waals surface area contributed by atoms with Crippen molar-refractivity contribution in [3.05, 3.63) is 60.8 Å². The SMILES string of the molecule is O=C(CCN1C(=O)COc2ccccc21)Nc1cccc2ncccc12. The first kappa shape index (κ1) is 16.1. The van der Waals surface area contributed by atoms with E-state index < -0.39 is 0 Å². The Balaban J connectivity index is 1.47. The van der Waals surface area contributed by atoms with Gasteiger partial charge < -0.3 is 15.0 Å². The maximum atomic E-state index is 12.4. The van der Waals surface area contributed by atoms with E-state index in [0.717, 1.165) is 10.9 Å². The van der Waals surface area contributed by atoms with Gasteiger partial charge in [0, 0.05) is 24.5 Å². The number of hydrogen-bond acceptors (Lipinski definition) is 4. The molecule has 0 atom stereocenters. The second kappa shape index (κ2) is 6.84. The van der Waals surface area contributed by atoms with Crippen LogP contribution in [0.5, 0.6) is 5.75 Å². The molecule has 0 saturated carbocycles. The van der Waals surface area contributed by atoms with Crippen molar-refractivity contribution in [3.63, 3.8) is 0 Å². The van der Waals surface area contributed by atoms with Gasteiger partial charge in [0.05, 0.1) is 16.9 Å². The number of anilines is 2. The second-order valence-electron chi connectivity index (χ2n) is 5.98. The zero-order chi connectivity index (χ0) is 17.9. The monoisotopic (exact) mass is 347 g/mol. The second-order valence-corrected chi connectivity index (χ2v) is 5.98. The Labute approximate surface area is 150 Å². The lowest BCUT2D eigenvalue weighted by Gasteiger charge is -2.29. The van der Waals surface area contributed by atoms with Crippen molar-refractivity contribution in [1.29, 1.82) is 0 Å². The van der Waals surface area contributed by atoms with E-state index in [1.165, 1.54) is 0 Å². The minimum Gasteiger partial charge on any atom is -0.482 e. The van der Waals surface area contributed by atoms with E-state index in [4.69, 9.17) is 4.74 Å². The molecule has 6 nitrogen and oxygen atoms in total. The van der Waals surface area contributed by atoms with Gasteiger partial charge in [0.25, 0.3) is 5.91 Å². The zero-order valence-corrected chi connectivity index (χ0v) is 14.0. The van der Waals surface area contributed by atoms with Gasteiger partial charge in [-0.3, -0.25) is 14.6 Å². The normalized spacial score (nSPS) is 13.2. The third kappa shape index (κ3) is 3.09. The number of aromatic nitrogens is 1. The summed E-state index contributed by atoms with van der Waals surface area (Å²) < 4.78 is 5.42. The molecule has 2 amide bonds. The van der Waals surface area contributed by atoms with E-state index in [2.05, 4.69) is 10.3 Å². The summed E-state index contributed by atoms with van der Waals surface area (Å²) in [4.78, 5) is 30.5. The number of fused-ring (bicyclic) bond motifs is 2. The van der Waals surface area contributed by atoms with Gasteiger partial charge in [0.2, 0.25) is 5.91 Å². The molecule has 3 aromatic rings. The summed E-state index contributed by atoms with van der Waals surface area (Å²) in [6, 6.07) is 16.7. The Morgan fingerprint density at radius 2 is 2.00 bits per heavy atom. The Hall–Kier alpha value is -3.41. The van der Waals surface area contributed by atoms with Gasteiger partial charge in [-0.2, -0.15) is 0 Å². The van der Waals surface area contributed by atoms with Gasteiger partial charge in [0.1, 0.15) is 5.75 Å². The molecular formula is C20H17N3O3. The highest BCUT2D eigenvalue weighted by atomic mass is 16.5. The number of rotatable bonds is 4. The summed E-state index contributed by atoms with van der Waals surface area (Å²) in [5, 5.41) is 3.80. The van der Waals surface area contributed by atoms with Crippen molar-refractivity contribution in [2.45, 2.75) is 6.42 Å². The Kier molecular flexibility index (Phi) is 4.23. The zero-order valence-electron chi connectivity index (χ0n) is 14.0. The summed E-state index contributed by atoms with van der Waals surface area (Å²) in [7, 11) is 0. The van der Waals surface area contributed by atoms with Crippen LogP contribution < -0.4 is 15.0 Å². The predicted octanol–water partition coefficient (Wildman–Crippen LogP) is 2.99. The molecule has 26 heavy (non-hydrogen) atoms. The van der Waals surface area contributed by atoms with Crippen molar-refractivity contribution in [3.8, 4) is 5.75 Å². The minimum atomic E-state index is -0.155. The number of amides is 2. The largest absolute Gasteiger partial charge is 0.482 e. The molecule has 1 N–H and O–H groups in total. The van der Waals surface area contributed by atoms with Crippen molar-refractivity contribution in [2.24, 2.45) is 0 Å². The molecule has 1 aromatic heterocycles. The van der Waals surface area contributed by atoms with Crippen LogP contribution in [0, 0.1) is 0 Å². The molecule has 0 radical (unpaired) electrons. The van der Waals surface area contributed by atoms with E-state index >= 15 is 0 Å². The number of nitrogens with zero attached hydrogens (tertiary/aromatic N) is 2.